The molecule has 0 amide bonds. The van der Waals surface area contributed by atoms with Crippen LogP contribution in [-0.2, 0) is 0 Å². The Kier molecular flexibility index (Phi) is 3.50. The Balaban J connectivity index is 2.04. The fourth-order valence-electron chi connectivity index (χ4n) is 1.70. The smallest absolute Gasteiger partial charge is 0.127 e. The van der Waals surface area contributed by atoms with Crippen molar-refractivity contribution in [1.82, 2.24) is 0 Å². The summed E-state index contributed by atoms with van der Waals surface area (Å²) in [6.45, 7) is 6.48. The first kappa shape index (κ1) is 13.2. The van der Waals surface area contributed by atoms with Crippen molar-refractivity contribution in [3.63, 3.8) is 0 Å². The minimum Gasteiger partial charge on any atom is -0.491 e. The van der Waals surface area contributed by atoms with E-state index in [1.165, 1.54) is 0 Å². The van der Waals surface area contributed by atoms with E-state index in [-0.39, 0.29) is 18.6 Å². The summed E-state index contributed by atoms with van der Waals surface area (Å²) in [5.74, 6) is 1.62. The summed E-state index contributed by atoms with van der Waals surface area (Å²) < 4.78 is 11.1. The third kappa shape index (κ3) is 2.60. The van der Waals surface area contributed by atoms with Gasteiger partial charge in [-0.3, -0.25) is 0 Å². The number of benzene rings is 1. The summed E-state index contributed by atoms with van der Waals surface area (Å²) in [7, 11) is 0. The van der Waals surface area contributed by atoms with E-state index >= 15 is 0 Å². The molecule has 1 aliphatic heterocycles. The summed E-state index contributed by atoms with van der Waals surface area (Å²) in [6, 6.07) is 5.57. The van der Waals surface area contributed by atoms with Crippen LogP contribution in [0.25, 0.3) is 0 Å². The fourth-order valence-corrected chi connectivity index (χ4v) is 1.70. The third-order valence-electron chi connectivity index (χ3n) is 3.58. The first-order valence-electron chi connectivity index (χ1n) is 6.27. The highest BCUT2D eigenvalue weighted by Crippen LogP contribution is 2.34. The van der Waals surface area contributed by atoms with Gasteiger partial charge in [-0.25, -0.2) is 0 Å². The molecule has 2 atom stereocenters. The number of hydrogen-bond acceptors (Lipinski definition) is 4. The van der Waals surface area contributed by atoms with Crippen molar-refractivity contribution in [2.75, 3.05) is 13.2 Å². The number of aliphatic hydroxyl groups is 1. The predicted octanol–water partition coefficient (Wildman–Crippen LogP) is 1.86. The topological polar surface area (TPSA) is 64.7 Å². The van der Waals surface area contributed by atoms with Crippen molar-refractivity contribution in [3.05, 3.63) is 23.8 Å². The van der Waals surface area contributed by atoms with Gasteiger partial charge in [0.1, 0.15) is 24.7 Å². The average molecular weight is 251 g/mol. The van der Waals surface area contributed by atoms with Crippen LogP contribution in [-0.4, -0.2) is 23.9 Å². The molecule has 0 bridgehead atoms. The largest absolute Gasteiger partial charge is 0.491 e. The van der Waals surface area contributed by atoms with Crippen molar-refractivity contribution in [1.29, 1.82) is 0 Å². The summed E-state index contributed by atoms with van der Waals surface area (Å²) in [5.41, 5.74) is 6.05. The molecule has 4 heteroatoms. The van der Waals surface area contributed by atoms with Crippen LogP contribution in [0, 0.1) is 5.92 Å². The monoisotopic (exact) mass is 251 g/mol. The number of ether oxygens (including phenoxy) is 2. The number of hydrogen-bond donors (Lipinski definition) is 2. The van der Waals surface area contributed by atoms with Crippen LogP contribution in [0.5, 0.6) is 11.5 Å². The van der Waals surface area contributed by atoms with Gasteiger partial charge in [0.05, 0.1) is 11.6 Å². The maximum atomic E-state index is 10.1. The van der Waals surface area contributed by atoms with Gasteiger partial charge in [0.25, 0.3) is 0 Å². The van der Waals surface area contributed by atoms with Crippen LogP contribution in [0.4, 0.5) is 0 Å². The Labute approximate surface area is 108 Å². The van der Waals surface area contributed by atoms with E-state index in [2.05, 4.69) is 0 Å². The lowest BCUT2D eigenvalue weighted by Gasteiger charge is -2.27. The molecule has 1 aliphatic rings. The van der Waals surface area contributed by atoms with Gasteiger partial charge >= 0.3 is 0 Å². The Bertz CT molecular complexity index is 429. The summed E-state index contributed by atoms with van der Waals surface area (Å²) in [6.07, 6.45) is 0. The minimum atomic E-state index is -0.837. The lowest BCUT2D eigenvalue weighted by atomic mass is 9.94. The van der Waals surface area contributed by atoms with Crippen molar-refractivity contribution < 1.29 is 14.6 Å². The second-order valence-electron chi connectivity index (χ2n) is 5.42. The van der Waals surface area contributed by atoms with Gasteiger partial charge in [-0.2, -0.15) is 0 Å². The number of rotatable bonds is 4. The fraction of sp³-hybridized carbons (Fsp3) is 0.571. The maximum Gasteiger partial charge on any atom is 0.127 e. The van der Waals surface area contributed by atoms with E-state index in [1.54, 1.807) is 6.92 Å². The van der Waals surface area contributed by atoms with Crippen molar-refractivity contribution >= 4 is 0 Å². The molecule has 4 nitrogen and oxygen atoms in total. The molecule has 1 heterocycles. The van der Waals surface area contributed by atoms with Gasteiger partial charge in [0, 0.05) is 11.6 Å². The van der Waals surface area contributed by atoms with Crippen molar-refractivity contribution in [2.24, 2.45) is 11.7 Å². The summed E-state index contributed by atoms with van der Waals surface area (Å²) in [5, 5.41) is 10.1. The molecule has 1 aromatic carbocycles. The van der Waals surface area contributed by atoms with E-state index in [0.29, 0.717) is 12.4 Å². The molecule has 0 spiro atoms. The molecule has 0 saturated carbocycles. The van der Waals surface area contributed by atoms with Crippen LogP contribution in [0.15, 0.2) is 18.2 Å². The minimum absolute atomic E-state index is 0.0483. The Morgan fingerprint density at radius 1 is 1.56 bits per heavy atom. The maximum absolute atomic E-state index is 10.1. The highest BCUT2D eigenvalue weighted by molar-refractivity contribution is 5.44. The van der Waals surface area contributed by atoms with E-state index in [9.17, 15) is 5.11 Å². The highest BCUT2D eigenvalue weighted by Gasteiger charge is 2.26. The molecule has 0 fully saturated rings. The van der Waals surface area contributed by atoms with Crippen LogP contribution >= 0.6 is 0 Å². The second-order valence-corrected chi connectivity index (χ2v) is 5.42. The molecule has 18 heavy (non-hydrogen) atoms. The zero-order chi connectivity index (χ0) is 13.3. The van der Waals surface area contributed by atoms with Crippen molar-refractivity contribution in [2.45, 2.75) is 32.4 Å². The molecule has 100 valence electrons. The van der Waals surface area contributed by atoms with Gasteiger partial charge in [-0.15, -0.1) is 0 Å². The van der Waals surface area contributed by atoms with Crippen LogP contribution in [0.3, 0.4) is 0 Å². The zero-order valence-electron chi connectivity index (χ0n) is 11.1. The second kappa shape index (κ2) is 4.78. The molecule has 0 aromatic heterocycles. The highest BCUT2D eigenvalue weighted by atomic mass is 16.5. The molecule has 0 saturated heterocycles. The Morgan fingerprint density at radius 3 is 2.94 bits per heavy atom. The van der Waals surface area contributed by atoms with E-state index in [4.69, 9.17) is 15.2 Å². The molecular weight excluding hydrogens is 230 g/mol. The standard InChI is InChI=1S/C14H21NO3/c1-9(2)14(3,16)8-18-10-4-5-11-12(15)7-17-13(11)6-10/h4-6,9,12,16H,7-8,15H2,1-3H3. The Morgan fingerprint density at radius 2 is 2.28 bits per heavy atom. The molecule has 1 aromatic rings. The van der Waals surface area contributed by atoms with Gasteiger partial charge in [0.15, 0.2) is 0 Å². The van der Waals surface area contributed by atoms with Crippen molar-refractivity contribution in [3.8, 4) is 11.5 Å². The SMILES string of the molecule is CC(C)C(C)(O)COc1ccc2c(c1)OCC2N. The van der Waals surface area contributed by atoms with Crippen LogP contribution in [0.1, 0.15) is 32.4 Å². The van der Waals surface area contributed by atoms with E-state index in [0.717, 1.165) is 11.3 Å². The average Bonchev–Trinajstić information content (AvgIpc) is 2.68. The molecule has 0 radical (unpaired) electrons. The molecule has 2 rings (SSSR count). The molecular formula is C14H21NO3. The zero-order valence-corrected chi connectivity index (χ0v) is 11.1. The van der Waals surface area contributed by atoms with Crippen LogP contribution in [0.2, 0.25) is 0 Å². The summed E-state index contributed by atoms with van der Waals surface area (Å²) in [4.78, 5) is 0. The van der Waals surface area contributed by atoms with Gasteiger partial charge < -0.3 is 20.3 Å². The first-order chi connectivity index (χ1) is 8.40. The lowest BCUT2D eigenvalue weighted by Crippen LogP contribution is -2.37. The predicted molar refractivity (Wildman–Crippen MR) is 69.8 cm³/mol. The quantitative estimate of drug-likeness (QED) is 0.857. The normalized spacial score (nSPS) is 21.3. The van der Waals surface area contributed by atoms with Gasteiger partial charge in [-0.1, -0.05) is 13.8 Å². The van der Waals surface area contributed by atoms with Crippen LogP contribution < -0.4 is 15.2 Å². The summed E-state index contributed by atoms with van der Waals surface area (Å²) >= 11 is 0. The lowest BCUT2D eigenvalue weighted by molar-refractivity contribution is -0.0266. The van der Waals surface area contributed by atoms with E-state index in [1.807, 2.05) is 32.0 Å². The molecule has 2 unspecified atom stereocenters. The van der Waals surface area contributed by atoms with Gasteiger partial charge in [-0.05, 0) is 25.0 Å². The number of fused-ring (bicyclic) bond motifs is 1. The molecule has 0 aliphatic carbocycles. The first-order valence-corrected chi connectivity index (χ1v) is 6.27. The third-order valence-corrected chi connectivity index (χ3v) is 3.58. The number of nitrogens with two attached hydrogens (primary N) is 1. The van der Waals surface area contributed by atoms with E-state index < -0.39 is 5.60 Å². The molecule has 3 N–H and O–H groups in total. The Hall–Kier alpha value is -1.26. The van der Waals surface area contributed by atoms with Gasteiger partial charge in [0.2, 0.25) is 0 Å².